The first kappa shape index (κ1) is 50.3. The van der Waals surface area contributed by atoms with Crippen molar-refractivity contribution < 1.29 is 4.74 Å². The summed E-state index contributed by atoms with van der Waals surface area (Å²) in [5.74, 6) is 1.84. The quantitative estimate of drug-likeness (QED) is 0.151. The molecule has 0 saturated heterocycles. The number of allylic oxidation sites excluding steroid dienone is 5. The first-order chi connectivity index (χ1) is 35.7. The van der Waals surface area contributed by atoms with Crippen LogP contribution in [0, 0.1) is 11.3 Å². The Morgan fingerprint density at radius 1 is 0.533 bits per heavy atom. The highest BCUT2D eigenvalue weighted by Crippen LogP contribution is 2.53. The van der Waals surface area contributed by atoms with Crippen LogP contribution in [0.2, 0.25) is 0 Å². The van der Waals surface area contributed by atoms with Gasteiger partial charge in [-0.15, -0.1) is 0 Å². The molecule has 3 aliphatic carbocycles. The van der Waals surface area contributed by atoms with E-state index in [2.05, 4.69) is 275 Å². The Labute approximate surface area is 449 Å². The van der Waals surface area contributed by atoms with E-state index in [1.165, 1.54) is 77.8 Å². The number of nitrogens with zero attached hydrogens (tertiary/aromatic N) is 2. The molecule has 7 aromatic rings. The van der Waals surface area contributed by atoms with Crippen molar-refractivity contribution in [3.8, 4) is 28.0 Å². The summed E-state index contributed by atoms with van der Waals surface area (Å²) >= 11 is 0. The molecule has 0 fully saturated rings. The van der Waals surface area contributed by atoms with Crippen LogP contribution in [0.1, 0.15) is 137 Å². The Morgan fingerprint density at radius 2 is 1.12 bits per heavy atom. The van der Waals surface area contributed by atoms with Gasteiger partial charge in [0.2, 0.25) is 0 Å². The van der Waals surface area contributed by atoms with Crippen molar-refractivity contribution in [1.29, 1.82) is 0 Å². The number of hydrogen-bond acceptors (Lipinski definition) is 3. The fourth-order valence-electron chi connectivity index (χ4n) is 12.2. The summed E-state index contributed by atoms with van der Waals surface area (Å²) in [6.45, 7) is 27.7. The van der Waals surface area contributed by atoms with Gasteiger partial charge >= 0.3 is 0 Å². The molecule has 0 bridgehead atoms. The predicted octanol–water partition coefficient (Wildman–Crippen LogP) is 19.8. The molecule has 1 aliphatic heterocycles. The molecular formula is C72H78N2O. The van der Waals surface area contributed by atoms with E-state index in [1.54, 1.807) is 0 Å². The third-order valence-electron chi connectivity index (χ3n) is 16.7. The number of benzene rings is 7. The van der Waals surface area contributed by atoms with E-state index in [4.69, 9.17) is 4.74 Å². The fraction of sp³-hybridized carbons (Fsp3) is 0.333. The average Bonchev–Trinajstić information content (AvgIpc) is 3.74. The molecule has 1 heterocycles. The molecule has 0 aromatic heterocycles. The number of rotatable bonds is 8. The molecule has 0 amide bonds. The molecule has 4 unspecified atom stereocenters. The normalized spacial score (nSPS) is 19.5. The number of ether oxygens (including phenoxy) is 1. The van der Waals surface area contributed by atoms with E-state index >= 15 is 0 Å². The third-order valence-corrected chi connectivity index (χ3v) is 16.7. The molecule has 3 heteroatoms. The predicted molar refractivity (Wildman–Crippen MR) is 320 cm³/mol. The molecule has 0 spiro atoms. The summed E-state index contributed by atoms with van der Waals surface area (Å²) in [7, 11) is 0. The summed E-state index contributed by atoms with van der Waals surface area (Å²) < 4.78 is 7.12. The number of hydrogen-bond donors (Lipinski definition) is 0. The van der Waals surface area contributed by atoms with Gasteiger partial charge in [0.25, 0.3) is 0 Å². The zero-order chi connectivity index (χ0) is 52.6. The van der Waals surface area contributed by atoms with Gasteiger partial charge in [0.05, 0.1) is 11.7 Å². The lowest BCUT2D eigenvalue weighted by Gasteiger charge is -2.41. The van der Waals surface area contributed by atoms with Crippen molar-refractivity contribution in [2.24, 2.45) is 11.3 Å². The second-order valence-corrected chi connectivity index (χ2v) is 26.2. The van der Waals surface area contributed by atoms with Crippen LogP contribution in [0.5, 0.6) is 5.75 Å². The van der Waals surface area contributed by atoms with Crippen LogP contribution in [0.25, 0.3) is 33.0 Å². The lowest BCUT2D eigenvalue weighted by molar-refractivity contribution is 0.225. The van der Waals surface area contributed by atoms with Crippen LogP contribution in [0.15, 0.2) is 199 Å². The van der Waals surface area contributed by atoms with Gasteiger partial charge in [-0.3, -0.25) is 0 Å². The summed E-state index contributed by atoms with van der Waals surface area (Å²) in [5, 5.41) is 2.44. The van der Waals surface area contributed by atoms with Crippen LogP contribution in [0.4, 0.5) is 22.7 Å². The molecule has 7 aromatic carbocycles. The topological polar surface area (TPSA) is 15.7 Å². The lowest BCUT2D eigenvalue weighted by Crippen LogP contribution is -2.37. The van der Waals surface area contributed by atoms with Gasteiger partial charge < -0.3 is 14.5 Å². The van der Waals surface area contributed by atoms with Crippen molar-refractivity contribution in [3.05, 3.63) is 221 Å². The van der Waals surface area contributed by atoms with Crippen LogP contribution in [-0.2, 0) is 16.2 Å². The summed E-state index contributed by atoms with van der Waals surface area (Å²) in [6.07, 6.45) is 16.6. The van der Waals surface area contributed by atoms with Crippen LogP contribution in [0.3, 0.4) is 0 Å². The standard InChI is InChI=1S/C72H78N2O/c1-69(2,3)53-25-33-57(34-26-53)73(65-37-29-55(71(7,8)9)45-61(65)47-19-15-13-16-20-47)59-31-23-49-41-63-64-42-50-24-32-60(40-52(50)44-68(64)75-67(63)43-51(49)39-59)74(58-35-27-54(28-36-58)70(4,5)6)66-38-30-56(72(10,11)12)46-62(66)48-21-17-14-18-22-48/h13-23,25-31,33-35,37-41,43-46,50,58,64,68H,24,32,36,42H2,1-12H3. The van der Waals surface area contributed by atoms with E-state index in [-0.39, 0.29) is 33.8 Å². The van der Waals surface area contributed by atoms with Gasteiger partial charge in [0, 0.05) is 45.4 Å². The van der Waals surface area contributed by atoms with Crippen molar-refractivity contribution in [2.75, 3.05) is 9.80 Å². The minimum Gasteiger partial charge on any atom is -0.485 e. The minimum atomic E-state index is -0.00280. The SMILES string of the molecule is CC(C)(C)C1=CCC(N(C2=CC3=CC4Oc5cc6cc(N(c7ccc(C(C)(C)C)cc7)c7ccc(C(C)(C)C)cc7-c7ccccc7)ccc6cc5C4CC3CC2)c2ccc(C(C)(C)C)cc2-c2ccccc2)C=C1. The maximum absolute atomic E-state index is 7.12. The van der Waals surface area contributed by atoms with Crippen LogP contribution >= 0.6 is 0 Å². The highest BCUT2D eigenvalue weighted by molar-refractivity contribution is 5.94. The van der Waals surface area contributed by atoms with Crippen molar-refractivity contribution in [1.82, 2.24) is 0 Å². The monoisotopic (exact) mass is 987 g/mol. The van der Waals surface area contributed by atoms with E-state index in [0.717, 1.165) is 48.5 Å². The average molecular weight is 987 g/mol. The van der Waals surface area contributed by atoms with E-state index in [1.807, 2.05) is 0 Å². The Balaban J connectivity index is 0.964. The molecule has 4 aliphatic rings. The largest absolute Gasteiger partial charge is 0.485 e. The molecule has 0 saturated carbocycles. The van der Waals surface area contributed by atoms with Gasteiger partial charge in [-0.1, -0.05) is 192 Å². The molecular weight excluding hydrogens is 909 g/mol. The van der Waals surface area contributed by atoms with Crippen molar-refractivity contribution in [2.45, 2.75) is 143 Å². The van der Waals surface area contributed by atoms with Gasteiger partial charge in [0.15, 0.2) is 0 Å². The number of anilines is 4. The molecule has 4 atom stereocenters. The Kier molecular flexibility index (Phi) is 12.8. The minimum absolute atomic E-state index is 0.00100. The van der Waals surface area contributed by atoms with Gasteiger partial charge in [-0.25, -0.2) is 0 Å². The van der Waals surface area contributed by atoms with Crippen LogP contribution < -0.4 is 14.5 Å². The van der Waals surface area contributed by atoms with E-state index in [9.17, 15) is 0 Å². The van der Waals surface area contributed by atoms with E-state index in [0.29, 0.717) is 11.8 Å². The van der Waals surface area contributed by atoms with E-state index < -0.39 is 0 Å². The van der Waals surface area contributed by atoms with Crippen molar-refractivity contribution >= 4 is 33.5 Å². The Morgan fingerprint density at radius 3 is 1.71 bits per heavy atom. The summed E-state index contributed by atoms with van der Waals surface area (Å²) in [6, 6.07) is 57.5. The molecule has 11 rings (SSSR count). The first-order valence-electron chi connectivity index (χ1n) is 27.8. The van der Waals surface area contributed by atoms with Gasteiger partial charge in [-0.05, 0) is 176 Å². The number of fused-ring (bicyclic) bond motifs is 5. The molecule has 3 nitrogen and oxygen atoms in total. The highest BCUT2D eigenvalue weighted by atomic mass is 16.5. The first-order valence-corrected chi connectivity index (χ1v) is 27.8. The third kappa shape index (κ3) is 9.97. The fourth-order valence-corrected chi connectivity index (χ4v) is 12.2. The van der Waals surface area contributed by atoms with Gasteiger partial charge in [0.1, 0.15) is 11.9 Å². The Hall–Kier alpha value is -6.84. The second-order valence-electron chi connectivity index (χ2n) is 26.2. The van der Waals surface area contributed by atoms with Crippen molar-refractivity contribution in [3.63, 3.8) is 0 Å². The molecule has 0 N–H and O–H groups in total. The zero-order valence-electron chi connectivity index (χ0n) is 46.8. The molecule has 75 heavy (non-hydrogen) atoms. The maximum atomic E-state index is 7.12. The zero-order valence-corrected chi connectivity index (χ0v) is 46.8. The smallest absolute Gasteiger partial charge is 0.124 e. The van der Waals surface area contributed by atoms with Gasteiger partial charge in [-0.2, -0.15) is 0 Å². The molecule has 0 radical (unpaired) electrons. The highest BCUT2D eigenvalue weighted by Gasteiger charge is 2.41. The summed E-state index contributed by atoms with van der Waals surface area (Å²) in [5.41, 5.74) is 19.4. The maximum Gasteiger partial charge on any atom is 0.124 e. The Bertz CT molecular complexity index is 3400. The second kappa shape index (κ2) is 19.1. The summed E-state index contributed by atoms with van der Waals surface area (Å²) in [4.78, 5) is 5.16. The lowest BCUT2D eigenvalue weighted by atomic mass is 9.73. The molecule has 382 valence electrons. The van der Waals surface area contributed by atoms with Crippen LogP contribution in [-0.4, -0.2) is 12.1 Å².